The van der Waals surface area contributed by atoms with Gasteiger partial charge in [0.05, 0.1) is 29.6 Å². The molecule has 6 rings (SSSR count). The molecule has 0 saturated heterocycles. The van der Waals surface area contributed by atoms with Gasteiger partial charge in [0.2, 0.25) is 0 Å². The number of benzene rings is 6. The average molecular weight is 1150 g/mol. The molecule has 5 N–H and O–H groups in total. The second-order valence-electron chi connectivity index (χ2n) is 11.9. The molecular formula is C32H17Cl2Cu2N5Na4O16S4+4. The Hall–Kier alpha value is -0.701. The van der Waals surface area contributed by atoms with Crippen molar-refractivity contribution in [3.63, 3.8) is 0 Å². The molecule has 0 aliphatic carbocycles. The van der Waals surface area contributed by atoms with Crippen molar-refractivity contribution in [1.82, 2.24) is 0 Å². The fourth-order valence-electron chi connectivity index (χ4n) is 5.37. The number of nitrogens with one attached hydrogen (secondary N) is 1. The van der Waals surface area contributed by atoms with E-state index in [-0.39, 0.29) is 185 Å². The van der Waals surface area contributed by atoms with Crippen molar-refractivity contribution in [3.8, 4) is 23.0 Å². The maximum absolute atomic E-state index is 12.3. The van der Waals surface area contributed by atoms with Gasteiger partial charge in [-0.25, -0.2) is 33.7 Å². The third-order valence-electron chi connectivity index (χ3n) is 8.06. The fourth-order valence-corrected chi connectivity index (χ4v) is 8.26. The first kappa shape index (κ1) is 64.3. The van der Waals surface area contributed by atoms with Crippen molar-refractivity contribution in [2.75, 3.05) is 5.32 Å². The van der Waals surface area contributed by atoms with Crippen LogP contribution in [-0.4, -0.2) is 72.3 Å². The van der Waals surface area contributed by atoms with Gasteiger partial charge >= 0.3 is 152 Å². The standard InChI is InChI=1S/C32H21Cl2N5O16S4.2Cu.4Na/c33-21-9-17(56(44,45)46)11-23(31(21)42)36-38-27-25(58(50,51)52)7-13-5-15(1-3-19(13)29(27)40)35-16-2-4-20-14(6-16)8-26(59(53,54)55)28(30(20)41)39-37-24-12-18(57(47,48)49)10-22(34)32(24)43;;;;;;/h1-12,35,40-43H,(H,44,45,46)(H,47,48,49)(H,50,51,52)(H,53,54,55);;;;;;/q;2*+2;4*+1/p-4. The first-order valence-electron chi connectivity index (χ1n) is 15.3. The van der Waals surface area contributed by atoms with Gasteiger partial charge in [-0.1, -0.05) is 23.2 Å². The summed E-state index contributed by atoms with van der Waals surface area (Å²) in [5, 5.41) is 57.7. The molecule has 0 spiro atoms. The Kier molecular flexibility index (Phi) is 24.2. The van der Waals surface area contributed by atoms with Gasteiger partial charge in [0.15, 0.2) is 23.0 Å². The Morgan fingerprint density at radius 2 is 0.769 bits per heavy atom. The van der Waals surface area contributed by atoms with E-state index in [1.54, 1.807) is 0 Å². The van der Waals surface area contributed by atoms with E-state index in [4.69, 9.17) is 23.2 Å². The molecule has 6 aromatic carbocycles. The van der Waals surface area contributed by atoms with Crippen LogP contribution in [0.3, 0.4) is 0 Å². The molecule has 0 unspecified atom stereocenters. The van der Waals surface area contributed by atoms with Crippen LogP contribution < -0.4 is 124 Å². The minimum atomic E-state index is -5.44. The van der Waals surface area contributed by atoms with E-state index in [1.165, 1.54) is 36.4 Å². The van der Waals surface area contributed by atoms with Crippen LogP contribution in [0.5, 0.6) is 23.0 Å². The smallest absolute Gasteiger partial charge is 0.744 e. The molecule has 326 valence electrons. The molecular weight excluding hydrogens is 1130 g/mol. The van der Waals surface area contributed by atoms with E-state index in [0.29, 0.717) is 24.3 Å². The van der Waals surface area contributed by atoms with Gasteiger partial charge in [-0.3, -0.25) is 0 Å². The van der Waals surface area contributed by atoms with Crippen LogP contribution in [0, 0.1) is 0 Å². The molecule has 0 aliphatic heterocycles. The van der Waals surface area contributed by atoms with Gasteiger partial charge in [0, 0.05) is 22.1 Å². The third-order valence-corrected chi connectivity index (χ3v) is 12.0. The van der Waals surface area contributed by atoms with Crippen LogP contribution >= 0.6 is 23.2 Å². The quantitative estimate of drug-likeness (QED) is 0.0485. The van der Waals surface area contributed by atoms with Crippen molar-refractivity contribution >= 4 is 119 Å². The minimum absolute atomic E-state index is 0. The van der Waals surface area contributed by atoms with Crippen molar-refractivity contribution in [1.29, 1.82) is 0 Å². The van der Waals surface area contributed by atoms with E-state index in [0.717, 1.165) is 12.1 Å². The summed E-state index contributed by atoms with van der Waals surface area (Å²) in [4.78, 5) is -4.11. The Morgan fingerprint density at radius 3 is 1.06 bits per heavy atom. The number of phenolic OH excluding ortho intramolecular Hbond substituents is 4. The molecule has 0 aliphatic rings. The number of rotatable bonds is 10. The molecule has 6 aromatic rings. The molecule has 0 atom stereocenters. The summed E-state index contributed by atoms with van der Waals surface area (Å²) in [6.45, 7) is 0. The topological polar surface area (TPSA) is 371 Å². The number of hydrogen-bond acceptors (Lipinski definition) is 21. The number of azo groups is 2. The number of fused-ring (bicyclic) bond motifs is 2. The Morgan fingerprint density at radius 1 is 0.446 bits per heavy atom. The zero-order chi connectivity index (χ0) is 43.6. The summed E-state index contributed by atoms with van der Waals surface area (Å²) < 4.78 is 143. The van der Waals surface area contributed by atoms with Crippen LogP contribution in [0.4, 0.5) is 34.1 Å². The SMILES string of the molecule is O=S(=O)([O-])c1cc(Cl)c(O)c(N=Nc2c(S(=O)(=O)[O-])cc3cc(Nc4ccc5c(O)c(N=Nc6cc(S(=O)(=O)[O-])cc(Cl)c6O)c(S(=O)(=O)[O-])cc5c4)ccc3c2O)c1.[Cu+2].[Cu+2].[Na+].[Na+].[Na+].[Na+]. The summed E-state index contributed by atoms with van der Waals surface area (Å²) in [6, 6.07) is 11.7. The fraction of sp³-hybridized carbons (Fsp3) is 0. The zero-order valence-electron chi connectivity index (χ0n) is 32.9. The van der Waals surface area contributed by atoms with Gasteiger partial charge < -0.3 is 44.0 Å². The van der Waals surface area contributed by atoms with Gasteiger partial charge in [-0.15, -0.1) is 20.5 Å². The van der Waals surface area contributed by atoms with Crippen molar-refractivity contribution in [3.05, 3.63) is 82.8 Å². The summed E-state index contributed by atoms with van der Waals surface area (Å²) in [7, 11) is -21.1. The van der Waals surface area contributed by atoms with Crippen molar-refractivity contribution in [2.24, 2.45) is 20.5 Å². The number of phenols is 4. The van der Waals surface area contributed by atoms with Gasteiger partial charge in [0.25, 0.3) is 0 Å². The molecule has 65 heavy (non-hydrogen) atoms. The largest absolute Gasteiger partial charge is 2.00 e. The van der Waals surface area contributed by atoms with E-state index in [1.807, 2.05) is 0 Å². The maximum Gasteiger partial charge on any atom is 2.00 e. The van der Waals surface area contributed by atoms with Gasteiger partial charge in [-0.05, 0) is 83.6 Å². The molecule has 21 nitrogen and oxygen atoms in total. The Labute approximate surface area is 488 Å². The van der Waals surface area contributed by atoms with E-state index >= 15 is 0 Å². The van der Waals surface area contributed by atoms with Crippen LogP contribution in [0.25, 0.3) is 21.5 Å². The van der Waals surface area contributed by atoms with Crippen LogP contribution in [0.2, 0.25) is 10.0 Å². The number of halogens is 2. The molecule has 0 bridgehead atoms. The molecule has 33 heteroatoms. The van der Waals surface area contributed by atoms with E-state index in [2.05, 4.69) is 25.8 Å². The monoisotopic (exact) mass is 1140 g/mol. The molecule has 2 radical (unpaired) electrons. The number of aromatic hydroxyl groups is 4. The predicted octanol–water partition coefficient (Wildman–Crippen LogP) is -5.68. The van der Waals surface area contributed by atoms with E-state index in [9.17, 15) is 72.3 Å². The Balaban J connectivity index is 0.00000683. The molecule has 0 fully saturated rings. The first-order chi connectivity index (χ1) is 27.2. The zero-order valence-corrected chi connectivity index (χ0v) is 47.6. The molecule has 0 aromatic heterocycles. The average Bonchev–Trinajstić information content (AvgIpc) is 3.11. The molecule has 0 saturated carbocycles. The van der Waals surface area contributed by atoms with Crippen LogP contribution in [0.1, 0.15) is 0 Å². The second-order valence-corrected chi connectivity index (χ2v) is 18.2. The summed E-state index contributed by atoms with van der Waals surface area (Å²) in [6.07, 6.45) is 0. The van der Waals surface area contributed by atoms with Gasteiger partial charge in [-0.2, -0.15) is 0 Å². The van der Waals surface area contributed by atoms with Crippen molar-refractivity contribution in [2.45, 2.75) is 19.6 Å². The number of anilines is 2. The number of hydrogen-bond donors (Lipinski definition) is 5. The van der Waals surface area contributed by atoms with E-state index < -0.39 is 116 Å². The van der Waals surface area contributed by atoms with Crippen molar-refractivity contribution < 1.29 is 225 Å². The maximum atomic E-state index is 12.3. The third kappa shape index (κ3) is 14.7. The predicted molar refractivity (Wildman–Crippen MR) is 201 cm³/mol. The van der Waals surface area contributed by atoms with Crippen LogP contribution in [-0.2, 0) is 74.6 Å². The summed E-state index contributed by atoms with van der Waals surface area (Å²) in [5.74, 6) is -3.57. The number of nitrogens with zero attached hydrogens (tertiary/aromatic N) is 4. The molecule has 0 amide bonds. The summed E-state index contributed by atoms with van der Waals surface area (Å²) in [5.41, 5.74) is -3.03. The minimum Gasteiger partial charge on any atom is -0.744 e. The summed E-state index contributed by atoms with van der Waals surface area (Å²) >= 11 is 11.5. The molecule has 0 heterocycles. The normalized spacial score (nSPS) is 11.7. The van der Waals surface area contributed by atoms with Crippen LogP contribution in [0.15, 0.2) is 113 Å². The second kappa shape index (κ2) is 24.4. The Bertz CT molecular complexity index is 3140. The first-order valence-corrected chi connectivity index (χ1v) is 21.7. The van der Waals surface area contributed by atoms with Gasteiger partial charge in [0.1, 0.15) is 63.2 Å².